The predicted octanol–water partition coefficient (Wildman–Crippen LogP) is 6.68. The van der Waals surface area contributed by atoms with Crippen molar-refractivity contribution < 1.29 is 9.53 Å². The lowest BCUT2D eigenvalue weighted by atomic mass is 9.86. The Kier molecular flexibility index (Phi) is 7.42. The summed E-state index contributed by atoms with van der Waals surface area (Å²) in [6.07, 6.45) is 4.43. The molecule has 2 aliphatic heterocycles. The number of nitrogens with one attached hydrogen (secondary N) is 1. The van der Waals surface area contributed by atoms with Gasteiger partial charge in [0.2, 0.25) is 11.8 Å². The van der Waals surface area contributed by atoms with Gasteiger partial charge in [-0.2, -0.15) is 0 Å². The van der Waals surface area contributed by atoms with E-state index in [1.807, 2.05) is 36.4 Å². The van der Waals surface area contributed by atoms with E-state index in [0.717, 1.165) is 77.8 Å². The number of halogens is 2. The quantitative estimate of drug-likeness (QED) is 0.254. The van der Waals surface area contributed by atoms with E-state index in [2.05, 4.69) is 40.5 Å². The lowest BCUT2D eigenvalue weighted by Gasteiger charge is -2.48. The van der Waals surface area contributed by atoms with Crippen LogP contribution >= 0.6 is 23.2 Å². The number of nitrogens with two attached hydrogens (primary N) is 1. The van der Waals surface area contributed by atoms with E-state index in [-0.39, 0.29) is 17.5 Å². The summed E-state index contributed by atoms with van der Waals surface area (Å²) in [5.74, 6) is 0.725. The van der Waals surface area contributed by atoms with Crippen LogP contribution in [-0.2, 0) is 24.2 Å². The summed E-state index contributed by atoms with van der Waals surface area (Å²) >= 11 is 14.2. The van der Waals surface area contributed by atoms with E-state index in [1.54, 1.807) is 7.11 Å². The van der Waals surface area contributed by atoms with Gasteiger partial charge in [0, 0.05) is 59.9 Å². The van der Waals surface area contributed by atoms with Crippen molar-refractivity contribution in [2.24, 2.45) is 5.73 Å². The highest BCUT2D eigenvalue weighted by atomic mass is 35.5. The molecule has 6 nitrogen and oxygen atoms in total. The third kappa shape index (κ3) is 5.31. The third-order valence-electron chi connectivity index (χ3n) is 9.16. The number of benzene rings is 3. The Labute approximate surface area is 262 Å². The van der Waals surface area contributed by atoms with Crippen LogP contribution in [0.25, 0.3) is 33.5 Å². The molecule has 2 fully saturated rings. The van der Waals surface area contributed by atoms with Crippen LogP contribution < -0.4 is 15.8 Å². The van der Waals surface area contributed by atoms with Gasteiger partial charge in [0.1, 0.15) is 0 Å². The molecule has 0 bridgehead atoms. The van der Waals surface area contributed by atoms with Crippen LogP contribution in [0.2, 0.25) is 10.0 Å². The molecule has 1 unspecified atom stereocenters. The molecule has 3 N–H and O–H groups in total. The molecular formula is C35H34Cl2N4O2. The molecule has 0 saturated carbocycles. The number of rotatable bonds is 6. The van der Waals surface area contributed by atoms with Gasteiger partial charge in [-0.15, -0.1) is 0 Å². The second-order valence-electron chi connectivity index (χ2n) is 12.2. The van der Waals surface area contributed by atoms with Gasteiger partial charge >= 0.3 is 0 Å². The van der Waals surface area contributed by atoms with Crippen LogP contribution in [-0.4, -0.2) is 47.6 Å². The number of likely N-dealkylation sites (tertiary alicyclic amines) is 1. The van der Waals surface area contributed by atoms with Gasteiger partial charge in [-0.3, -0.25) is 9.69 Å². The first kappa shape index (κ1) is 28.4. The van der Waals surface area contributed by atoms with Crippen molar-refractivity contribution in [2.75, 3.05) is 20.2 Å². The second-order valence-corrected chi connectivity index (χ2v) is 12.9. The van der Waals surface area contributed by atoms with Crippen LogP contribution in [0.15, 0.2) is 66.7 Å². The SMILES string of the molecule is COc1nc(-c2cccc(-c3cccc(-c4ccc5c(c4)CCC(N)C5)c3Cl)c2Cl)ccc1CN1CC2(CCC(=O)N2)C1. The average molecular weight is 614 g/mol. The minimum Gasteiger partial charge on any atom is -0.481 e. The van der Waals surface area contributed by atoms with Crippen LogP contribution in [0.1, 0.15) is 36.0 Å². The van der Waals surface area contributed by atoms with Gasteiger partial charge in [0.05, 0.1) is 28.4 Å². The number of amides is 1. The zero-order valence-electron chi connectivity index (χ0n) is 24.1. The van der Waals surface area contributed by atoms with Crippen molar-refractivity contribution in [1.82, 2.24) is 15.2 Å². The summed E-state index contributed by atoms with van der Waals surface area (Å²) in [6, 6.07) is 22.9. The molecule has 3 aromatic carbocycles. The van der Waals surface area contributed by atoms with Crippen molar-refractivity contribution in [1.29, 1.82) is 0 Å². The fraction of sp³-hybridized carbons (Fsp3) is 0.314. The lowest BCUT2D eigenvalue weighted by Crippen LogP contribution is -2.66. The fourth-order valence-corrected chi connectivity index (χ4v) is 7.60. The number of methoxy groups -OCH3 is 1. The van der Waals surface area contributed by atoms with Crippen molar-refractivity contribution in [3.63, 3.8) is 0 Å². The molecule has 4 aromatic rings. The van der Waals surface area contributed by atoms with Gasteiger partial charge in [-0.1, -0.05) is 83.9 Å². The number of ether oxygens (including phenoxy) is 1. The van der Waals surface area contributed by atoms with Crippen molar-refractivity contribution in [2.45, 2.75) is 50.2 Å². The molecule has 2 saturated heterocycles. The van der Waals surface area contributed by atoms with E-state index >= 15 is 0 Å². The van der Waals surface area contributed by atoms with Gasteiger partial charge in [-0.25, -0.2) is 4.98 Å². The number of carbonyl (C=O) groups is 1. The smallest absolute Gasteiger partial charge is 0.220 e. The maximum absolute atomic E-state index is 11.7. The normalized spacial score (nSPS) is 19.2. The van der Waals surface area contributed by atoms with Crippen molar-refractivity contribution >= 4 is 29.1 Å². The van der Waals surface area contributed by atoms with Gasteiger partial charge in [0.15, 0.2) is 0 Å². The molecule has 1 spiro atoms. The zero-order chi connectivity index (χ0) is 29.7. The first-order valence-corrected chi connectivity index (χ1v) is 15.6. The molecule has 220 valence electrons. The largest absolute Gasteiger partial charge is 0.481 e. The maximum atomic E-state index is 11.7. The van der Waals surface area contributed by atoms with Crippen molar-refractivity contribution in [3.05, 3.63) is 93.5 Å². The molecule has 1 amide bonds. The van der Waals surface area contributed by atoms with Crippen molar-refractivity contribution in [3.8, 4) is 39.4 Å². The minimum absolute atomic E-state index is 0.0573. The highest BCUT2D eigenvalue weighted by Crippen LogP contribution is 2.43. The van der Waals surface area contributed by atoms with E-state index in [1.165, 1.54) is 11.1 Å². The molecule has 3 aliphatic rings. The van der Waals surface area contributed by atoms with E-state index < -0.39 is 0 Å². The molecule has 1 atom stereocenters. The molecule has 1 aromatic heterocycles. The number of aryl methyl sites for hydroxylation is 1. The number of fused-ring (bicyclic) bond motifs is 1. The minimum atomic E-state index is -0.0573. The zero-order valence-corrected chi connectivity index (χ0v) is 25.6. The second kappa shape index (κ2) is 11.3. The lowest BCUT2D eigenvalue weighted by molar-refractivity contribution is -0.120. The summed E-state index contributed by atoms with van der Waals surface area (Å²) in [4.78, 5) is 18.9. The Balaban J connectivity index is 1.16. The molecule has 3 heterocycles. The van der Waals surface area contributed by atoms with Crippen LogP contribution in [0.4, 0.5) is 0 Å². The molecule has 1 aliphatic carbocycles. The molecule has 7 rings (SSSR count). The van der Waals surface area contributed by atoms with Gasteiger partial charge in [0.25, 0.3) is 0 Å². The number of carbonyl (C=O) groups excluding carboxylic acids is 1. The number of hydrogen-bond donors (Lipinski definition) is 2. The monoisotopic (exact) mass is 612 g/mol. The van der Waals surface area contributed by atoms with E-state index in [9.17, 15) is 4.79 Å². The molecule has 0 radical (unpaired) electrons. The molecule has 8 heteroatoms. The number of aromatic nitrogens is 1. The number of hydrogen-bond acceptors (Lipinski definition) is 5. The van der Waals surface area contributed by atoms with Gasteiger partial charge < -0.3 is 15.8 Å². The summed E-state index contributed by atoms with van der Waals surface area (Å²) in [5, 5.41) is 4.40. The van der Waals surface area contributed by atoms with E-state index in [0.29, 0.717) is 28.9 Å². The molecular weight excluding hydrogens is 579 g/mol. The average Bonchev–Trinajstić information content (AvgIpc) is 3.39. The summed E-state index contributed by atoms with van der Waals surface area (Å²) in [6.45, 7) is 2.40. The summed E-state index contributed by atoms with van der Waals surface area (Å²) in [5.41, 5.74) is 15.2. The Morgan fingerprint density at radius 3 is 2.40 bits per heavy atom. The Morgan fingerprint density at radius 2 is 1.67 bits per heavy atom. The number of pyridine rings is 1. The van der Waals surface area contributed by atoms with Gasteiger partial charge in [-0.05, 0) is 48.4 Å². The summed E-state index contributed by atoms with van der Waals surface area (Å²) in [7, 11) is 1.64. The topological polar surface area (TPSA) is 80.5 Å². The highest BCUT2D eigenvalue weighted by Gasteiger charge is 2.47. The van der Waals surface area contributed by atoms with Crippen LogP contribution in [0.5, 0.6) is 5.88 Å². The maximum Gasteiger partial charge on any atom is 0.220 e. The Bertz CT molecular complexity index is 1730. The number of nitrogens with zero attached hydrogens (tertiary/aromatic N) is 2. The van der Waals surface area contributed by atoms with E-state index in [4.69, 9.17) is 38.7 Å². The Morgan fingerprint density at radius 1 is 0.953 bits per heavy atom. The van der Waals surface area contributed by atoms with Crippen LogP contribution in [0.3, 0.4) is 0 Å². The molecule has 43 heavy (non-hydrogen) atoms. The summed E-state index contributed by atoms with van der Waals surface area (Å²) < 4.78 is 5.72. The third-order valence-corrected chi connectivity index (χ3v) is 9.98. The standard InChI is InChI=1S/C35H34Cl2N4O2/c1-43-34-24(18-41-19-35(20-41)15-14-31(42)40-35)11-13-30(39-34)29-7-3-6-28(33(29)37)27-5-2-4-26(32(27)36)23-9-8-22-17-25(38)12-10-21(22)16-23/h2-9,11,13,16,25H,10,12,14-15,17-20,38H2,1H3,(H,40,42). The highest BCUT2D eigenvalue weighted by molar-refractivity contribution is 6.39. The first-order chi connectivity index (χ1) is 20.8. The van der Waals surface area contributed by atoms with Crippen LogP contribution in [0, 0.1) is 0 Å². The predicted molar refractivity (Wildman–Crippen MR) is 173 cm³/mol. The fourth-order valence-electron chi connectivity index (χ4n) is 6.94. The Hall–Kier alpha value is -3.42. The first-order valence-electron chi connectivity index (χ1n) is 14.9.